The van der Waals surface area contributed by atoms with Crippen LogP contribution in [-0.2, 0) is 9.53 Å². The van der Waals surface area contributed by atoms with E-state index in [0.29, 0.717) is 6.04 Å². The Morgan fingerprint density at radius 3 is 2.40 bits per heavy atom. The minimum Gasteiger partial charge on any atom is -0.381 e. The van der Waals surface area contributed by atoms with Gasteiger partial charge in [0.15, 0.2) is 0 Å². The van der Waals surface area contributed by atoms with Crippen LogP contribution in [0.4, 0.5) is 0 Å². The fourth-order valence-corrected chi connectivity index (χ4v) is 3.33. The van der Waals surface area contributed by atoms with Gasteiger partial charge in [-0.05, 0) is 26.2 Å². The van der Waals surface area contributed by atoms with Crippen LogP contribution in [0.25, 0.3) is 0 Å². The summed E-state index contributed by atoms with van der Waals surface area (Å²) in [5.74, 6) is 0.117. The summed E-state index contributed by atoms with van der Waals surface area (Å²) in [6.07, 6.45) is 3.95. The van der Waals surface area contributed by atoms with Gasteiger partial charge in [0.2, 0.25) is 5.91 Å². The van der Waals surface area contributed by atoms with Crippen LogP contribution in [-0.4, -0.2) is 66.7 Å². The number of nitrogens with two attached hydrogens (primary N) is 1. The average molecular weight is 283 g/mol. The van der Waals surface area contributed by atoms with Crippen molar-refractivity contribution in [2.75, 3.05) is 39.4 Å². The Bertz CT molecular complexity index is 319. The maximum Gasteiger partial charge on any atom is 0.242 e. The summed E-state index contributed by atoms with van der Waals surface area (Å²) < 4.78 is 5.41. The lowest BCUT2D eigenvalue weighted by Crippen LogP contribution is -2.59. The number of hydrogen-bond acceptors (Lipinski definition) is 4. The Kier molecular flexibility index (Phi) is 5.41. The van der Waals surface area contributed by atoms with Crippen molar-refractivity contribution in [2.24, 2.45) is 5.73 Å². The molecule has 0 bridgehead atoms. The summed E-state index contributed by atoms with van der Waals surface area (Å²) in [6.45, 7) is 9.25. The highest BCUT2D eigenvalue weighted by atomic mass is 16.5. The normalized spacial score (nSPS) is 25.4. The maximum absolute atomic E-state index is 12.5. The van der Waals surface area contributed by atoms with Crippen LogP contribution in [0.3, 0.4) is 0 Å². The summed E-state index contributed by atoms with van der Waals surface area (Å²) >= 11 is 0. The Morgan fingerprint density at radius 2 is 1.85 bits per heavy atom. The van der Waals surface area contributed by atoms with E-state index in [0.717, 1.165) is 65.1 Å². The Morgan fingerprint density at radius 1 is 1.25 bits per heavy atom. The van der Waals surface area contributed by atoms with Crippen molar-refractivity contribution in [1.29, 1.82) is 0 Å². The summed E-state index contributed by atoms with van der Waals surface area (Å²) in [5, 5.41) is 0. The number of rotatable bonds is 4. The first-order chi connectivity index (χ1) is 9.54. The Hall–Kier alpha value is -0.650. The number of ether oxygens (including phenoxy) is 1. The van der Waals surface area contributed by atoms with Crippen molar-refractivity contribution in [3.05, 3.63) is 0 Å². The van der Waals surface area contributed by atoms with Gasteiger partial charge in [0.05, 0.1) is 5.54 Å². The molecule has 0 saturated carbocycles. The van der Waals surface area contributed by atoms with Crippen molar-refractivity contribution in [3.63, 3.8) is 0 Å². The van der Waals surface area contributed by atoms with E-state index in [9.17, 15) is 4.79 Å². The van der Waals surface area contributed by atoms with Gasteiger partial charge < -0.3 is 15.4 Å². The zero-order valence-electron chi connectivity index (χ0n) is 12.9. The van der Waals surface area contributed by atoms with Gasteiger partial charge in [-0.3, -0.25) is 9.69 Å². The van der Waals surface area contributed by atoms with Gasteiger partial charge in [-0.15, -0.1) is 0 Å². The van der Waals surface area contributed by atoms with Crippen LogP contribution in [0, 0.1) is 0 Å². The molecule has 1 unspecified atom stereocenters. The summed E-state index contributed by atoms with van der Waals surface area (Å²) in [6, 6.07) is 0.640. The lowest BCUT2D eigenvalue weighted by molar-refractivity contribution is -0.139. The zero-order chi connectivity index (χ0) is 14.6. The fraction of sp³-hybridized carbons (Fsp3) is 0.933. The Balaban J connectivity index is 1.82. The molecule has 2 fully saturated rings. The number of hydrogen-bond donors (Lipinski definition) is 1. The second kappa shape index (κ2) is 6.87. The second-order valence-corrected chi connectivity index (χ2v) is 6.34. The fourth-order valence-electron chi connectivity index (χ4n) is 3.33. The molecule has 0 aromatic heterocycles. The van der Waals surface area contributed by atoms with E-state index in [2.05, 4.69) is 11.8 Å². The van der Waals surface area contributed by atoms with Crippen molar-refractivity contribution in [3.8, 4) is 0 Å². The molecular weight excluding hydrogens is 254 g/mol. The second-order valence-electron chi connectivity index (χ2n) is 6.34. The quantitative estimate of drug-likeness (QED) is 0.830. The van der Waals surface area contributed by atoms with Gasteiger partial charge in [0.25, 0.3) is 0 Å². The topological polar surface area (TPSA) is 58.8 Å². The standard InChI is InChI=1S/C15H29N3O2/c1-3-6-15(2,16)14(19)18-9-7-17(8-10-18)13-4-11-20-12-5-13/h13H,3-12,16H2,1-2H3. The molecule has 5 heteroatoms. The van der Waals surface area contributed by atoms with Crippen LogP contribution < -0.4 is 5.73 Å². The number of piperazine rings is 1. The Labute approximate surface area is 122 Å². The van der Waals surface area contributed by atoms with Gasteiger partial charge in [-0.2, -0.15) is 0 Å². The number of carbonyl (C=O) groups excluding carboxylic acids is 1. The van der Waals surface area contributed by atoms with Crippen LogP contribution in [0.15, 0.2) is 0 Å². The molecule has 0 aromatic rings. The molecule has 0 spiro atoms. The number of nitrogens with zero attached hydrogens (tertiary/aromatic N) is 2. The highest BCUT2D eigenvalue weighted by Crippen LogP contribution is 2.19. The maximum atomic E-state index is 12.5. The molecule has 0 aliphatic carbocycles. The van der Waals surface area contributed by atoms with E-state index in [4.69, 9.17) is 10.5 Å². The molecule has 1 amide bonds. The molecule has 2 saturated heterocycles. The zero-order valence-corrected chi connectivity index (χ0v) is 12.9. The first-order valence-electron chi connectivity index (χ1n) is 7.94. The van der Waals surface area contributed by atoms with E-state index in [-0.39, 0.29) is 5.91 Å². The molecule has 0 aromatic carbocycles. The molecule has 2 rings (SSSR count). The van der Waals surface area contributed by atoms with Crippen LogP contribution in [0.2, 0.25) is 0 Å². The van der Waals surface area contributed by atoms with Gasteiger partial charge in [0, 0.05) is 45.4 Å². The molecule has 2 aliphatic rings. The molecule has 1 atom stereocenters. The molecule has 116 valence electrons. The largest absolute Gasteiger partial charge is 0.381 e. The monoisotopic (exact) mass is 283 g/mol. The van der Waals surface area contributed by atoms with E-state index in [1.807, 2.05) is 11.8 Å². The minimum absolute atomic E-state index is 0.117. The third kappa shape index (κ3) is 3.71. The molecule has 20 heavy (non-hydrogen) atoms. The van der Waals surface area contributed by atoms with E-state index in [1.54, 1.807) is 0 Å². The van der Waals surface area contributed by atoms with Crippen LogP contribution in [0.1, 0.15) is 39.5 Å². The minimum atomic E-state index is -0.699. The van der Waals surface area contributed by atoms with Gasteiger partial charge in [0.1, 0.15) is 0 Å². The number of amides is 1. The van der Waals surface area contributed by atoms with Crippen molar-refractivity contribution in [1.82, 2.24) is 9.80 Å². The lowest BCUT2D eigenvalue weighted by Gasteiger charge is -2.42. The third-order valence-corrected chi connectivity index (χ3v) is 4.57. The van der Waals surface area contributed by atoms with Crippen LogP contribution >= 0.6 is 0 Å². The highest BCUT2D eigenvalue weighted by Gasteiger charge is 2.34. The SMILES string of the molecule is CCCC(C)(N)C(=O)N1CCN(C2CCOCC2)CC1. The summed E-state index contributed by atoms with van der Waals surface area (Å²) in [5.41, 5.74) is 5.46. The van der Waals surface area contributed by atoms with E-state index < -0.39 is 5.54 Å². The summed E-state index contributed by atoms with van der Waals surface area (Å²) in [7, 11) is 0. The lowest BCUT2D eigenvalue weighted by atomic mass is 9.95. The first-order valence-corrected chi connectivity index (χ1v) is 7.94. The first kappa shape index (κ1) is 15.7. The third-order valence-electron chi connectivity index (χ3n) is 4.57. The smallest absolute Gasteiger partial charge is 0.242 e. The van der Waals surface area contributed by atoms with Gasteiger partial charge in [-0.25, -0.2) is 0 Å². The van der Waals surface area contributed by atoms with Crippen molar-refractivity contribution < 1.29 is 9.53 Å². The molecule has 2 aliphatic heterocycles. The average Bonchev–Trinajstić information content (AvgIpc) is 2.47. The molecule has 2 heterocycles. The highest BCUT2D eigenvalue weighted by molar-refractivity contribution is 5.85. The van der Waals surface area contributed by atoms with E-state index in [1.165, 1.54) is 0 Å². The predicted octanol–water partition coefficient (Wildman–Crippen LogP) is 0.827. The van der Waals surface area contributed by atoms with E-state index >= 15 is 0 Å². The van der Waals surface area contributed by atoms with Gasteiger partial charge in [-0.1, -0.05) is 13.3 Å². The van der Waals surface area contributed by atoms with Gasteiger partial charge >= 0.3 is 0 Å². The molecule has 0 radical (unpaired) electrons. The van der Waals surface area contributed by atoms with Crippen LogP contribution in [0.5, 0.6) is 0 Å². The number of carbonyl (C=O) groups is 1. The molecular formula is C15H29N3O2. The molecule has 5 nitrogen and oxygen atoms in total. The van der Waals surface area contributed by atoms with Crippen molar-refractivity contribution >= 4 is 5.91 Å². The molecule has 2 N–H and O–H groups in total. The van der Waals surface area contributed by atoms with Crippen molar-refractivity contribution in [2.45, 2.75) is 51.1 Å². The summed E-state index contributed by atoms with van der Waals surface area (Å²) in [4.78, 5) is 16.9. The predicted molar refractivity (Wildman–Crippen MR) is 79.5 cm³/mol.